The van der Waals surface area contributed by atoms with E-state index >= 15 is 0 Å². The predicted molar refractivity (Wildman–Crippen MR) is 110 cm³/mol. The first-order valence-corrected chi connectivity index (χ1v) is 9.15. The van der Waals surface area contributed by atoms with Gasteiger partial charge in [-0.3, -0.25) is 0 Å². The molecule has 0 atom stereocenters. The van der Waals surface area contributed by atoms with Crippen molar-refractivity contribution in [2.24, 2.45) is 0 Å². The van der Waals surface area contributed by atoms with Gasteiger partial charge in [0.25, 0.3) is 0 Å². The van der Waals surface area contributed by atoms with Crippen LogP contribution in [0, 0.1) is 13.8 Å². The molecule has 0 aliphatic rings. The predicted octanol–water partition coefficient (Wildman–Crippen LogP) is 5.71. The molecule has 0 saturated heterocycles. The van der Waals surface area contributed by atoms with E-state index in [-0.39, 0.29) is 0 Å². The zero-order valence-corrected chi connectivity index (χ0v) is 15.9. The topological polar surface area (TPSA) is 49.8 Å². The van der Waals surface area contributed by atoms with Crippen molar-refractivity contribution in [2.75, 3.05) is 10.6 Å². The zero-order chi connectivity index (χ0) is 18.5. The zero-order valence-electron chi connectivity index (χ0n) is 15.9. The summed E-state index contributed by atoms with van der Waals surface area (Å²) >= 11 is 0. The molecule has 1 aromatic heterocycles. The van der Waals surface area contributed by atoms with Crippen LogP contribution in [0.15, 0.2) is 48.7 Å². The first-order chi connectivity index (χ1) is 12.6. The molecule has 3 rings (SSSR count). The lowest BCUT2D eigenvalue weighted by atomic mass is 10.1. The number of hydrogen-bond acceptors (Lipinski definition) is 4. The SMILES string of the molecule is CCc1ccc(Nc2ncc(C)c(Nc3c(C)cccc3CC)n2)cc1. The van der Waals surface area contributed by atoms with Crippen LogP contribution in [-0.2, 0) is 12.8 Å². The Kier molecular flexibility index (Phi) is 5.52. The Bertz CT molecular complexity index is 885. The number of rotatable bonds is 6. The van der Waals surface area contributed by atoms with Gasteiger partial charge in [-0.15, -0.1) is 0 Å². The lowest BCUT2D eigenvalue weighted by molar-refractivity contribution is 1.10. The summed E-state index contributed by atoms with van der Waals surface area (Å²) in [6.45, 7) is 8.46. The fourth-order valence-electron chi connectivity index (χ4n) is 2.90. The number of aromatic nitrogens is 2. The van der Waals surface area contributed by atoms with Gasteiger partial charge in [0, 0.05) is 23.1 Å². The fraction of sp³-hybridized carbons (Fsp3) is 0.273. The highest BCUT2D eigenvalue weighted by atomic mass is 15.1. The van der Waals surface area contributed by atoms with Crippen molar-refractivity contribution in [3.63, 3.8) is 0 Å². The largest absolute Gasteiger partial charge is 0.339 e. The molecule has 0 radical (unpaired) electrons. The van der Waals surface area contributed by atoms with E-state index in [0.29, 0.717) is 5.95 Å². The molecule has 0 spiro atoms. The molecule has 2 N–H and O–H groups in total. The molecular formula is C22H26N4. The molecule has 0 bridgehead atoms. The fourth-order valence-corrected chi connectivity index (χ4v) is 2.90. The van der Waals surface area contributed by atoms with Crippen molar-refractivity contribution in [3.05, 3.63) is 70.9 Å². The van der Waals surface area contributed by atoms with Gasteiger partial charge in [0.1, 0.15) is 5.82 Å². The maximum atomic E-state index is 4.69. The minimum atomic E-state index is 0.592. The second-order valence-electron chi connectivity index (χ2n) is 6.49. The minimum absolute atomic E-state index is 0.592. The van der Waals surface area contributed by atoms with E-state index in [2.05, 4.69) is 83.8 Å². The van der Waals surface area contributed by atoms with Crippen LogP contribution in [0.3, 0.4) is 0 Å². The second kappa shape index (κ2) is 8.00. The molecule has 0 aliphatic carbocycles. The van der Waals surface area contributed by atoms with Gasteiger partial charge >= 0.3 is 0 Å². The van der Waals surface area contributed by atoms with E-state index in [0.717, 1.165) is 35.6 Å². The van der Waals surface area contributed by atoms with E-state index in [1.54, 1.807) is 0 Å². The molecule has 2 aromatic carbocycles. The van der Waals surface area contributed by atoms with E-state index in [9.17, 15) is 0 Å². The van der Waals surface area contributed by atoms with Crippen LogP contribution in [0.4, 0.5) is 23.1 Å². The number of benzene rings is 2. The van der Waals surface area contributed by atoms with Gasteiger partial charge in [-0.1, -0.05) is 44.2 Å². The summed E-state index contributed by atoms with van der Waals surface area (Å²) in [5.41, 5.74) is 6.95. The molecule has 3 aromatic rings. The van der Waals surface area contributed by atoms with E-state index < -0.39 is 0 Å². The summed E-state index contributed by atoms with van der Waals surface area (Å²) in [6.07, 6.45) is 3.86. The number of anilines is 4. The van der Waals surface area contributed by atoms with Crippen LogP contribution in [0.2, 0.25) is 0 Å². The molecule has 0 amide bonds. The Morgan fingerprint density at radius 3 is 2.31 bits per heavy atom. The standard InChI is InChI=1S/C22H26N4/c1-5-17-10-12-19(13-11-17)24-22-23-14-16(4)21(26-22)25-20-15(3)8-7-9-18(20)6-2/h7-14H,5-6H2,1-4H3,(H2,23,24,25,26). The lowest BCUT2D eigenvalue weighted by Gasteiger charge is -2.16. The van der Waals surface area contributed by atoms with Gasteiger partial charge in [-0.25, -0.2) is 4.98 Å². The Balaban J connectivity index is 1.86. The Hall–Kier alpha value is -2.88. The van der Waals surface area contributed by atoms with Crippen molar-refractivity contribution in [1.29, 1.82) is 0 Å². The summed E-state index contributed by atoms with van der Waals surface area (Å²) in [7, 11) is 0. The summed E-state index contributed by atoms with van der Waals surface area (Å²) in [4.78, 5) is 9.11. The summed E-state index contributed by atoms with van der Waals surface area (Å²) in [6, 6.07) is 14.7. The molecule has 134 valence electrons. The second-order valence-corrected chi connectivity index (χ2v) is 6.49. The lowest BCUT2D eigenvalue weighted by Crippen LogP contribution is -2.05. The van der Waals surface area contributed by atoms with Gasteiger partial charge in [0.15, 0.2) is 0 Å². The highest BCUT2D eigenvalue weighted by Crippen LogP contribution is 2.27. The molecule has 0 aliphatic heterocycles. The Morgan fingerprint density at radius 1 is 0.846 bits per heavy atom. The van der Waals surface area contributed by atoms with Crippen LogP contribution in [0.5, 0.6) is 0 Å². The van der Waals surface area contributed by atoms with Gasteiger partial charge < -0.3 is 10.6 Å². The van der Waals surface area contributed by atoms with E-state index in [1.807, 2.05) is 13.1 Å². The third-order valence-corrected chi connectivity index (χ3v) is 4.57. The minimum Gasteiger partial charge on any atom is -0.339 e. The normalized spacial score (nSPS) is 10.6. The Labute approximate surface area is 155 Å². The van der Waals surface area contributed by atoms with Gasteiger partial charge in [0.05, 0.1) is 0 Å². The number of hydrogen-bond donors (Lipinski definition) is 2. The summed E-state index contributed by atoms with van der Waals surface area (Å²) in [5, 5.41) is 6.80. The van der Waals surface area contributed by atoms with Crippen LogP contribution in [0.25, 0.3) is 0 Å². The molecule has 0 fully saturated rings. The summed E-state index contributed by atoms with van der Waals surface area (Å²) < 4.78 is 0. The molecule has 26 heavy (non-hydrogen) atoms. The smallest absolute Gasteiger partial charge is 0.229 e. The van der Waals surface area contributed by atoms with E-state index in [1.165, 1.54) is 16.7 Å². The van der Waals surface area contributed by atoms with Crippen LogP contribution in [-0.4, -0.2) is 9.97 Å². The maximum Gasteiger partial charge on any atom is 0.229 e. The number of nitrogens with zero attached hydrogens (tertiary/aromatic N) is 2. The highest BCUT2D eigenvalue weighted by Gasteiger charge is 2.09. The third kappa shape index (κ3) is 4.02. The van der Waals surface area contributed by atoms with Crippen molar-refractivity contribution in [2.45, 2.75) is 40.5 Å². The van der Waals surface area contributed by atoms with Crippen molar-refractivity contribution in [1.82, 2.24) is 9.97 Å². The maximum absolute atomic E-state index is 4.69. The first-order valence-electron chi connectivity index (χ1n) is 9.15. The van der Waals surface area contributed by atoms with Gasteiger partial charge in [-0.05, 0) is 55.5 Å². The summed E-state index contributed by atoms with van der Waals surface area (Å²) in [5.74, 6) is 1.42. The number of aryl methyl sites for hydroxylation is 4. The molecule has 4 heteroatoms. The molecule has 0 saturated carbocycles. The van der Waals surface area contributed by atoms with E-state index in [4.69, 9.17) is 0 Å². The average molecular weight is 346 g/mol. The van der Waals surface area contributed by atoms with Crippen LogP contribution < -0.4 is 10.6 Å². The molecule has 0 unspecified atom stereocenters. The van der Waals surface area contributed by atoms with Crippen molar-refractivity contribution in [3.8, 4) is 0 Å². The highest BCUT2D eigenvalue weighted by molar-refractivity contribution is 5.67. The van der Waals surface area contributed by atoms with Gasteiger partial charge in [0.2, 0.25) is 5.95 Å². The Morgan fingerprint density at radius 2 is 1.62 bits per heavy atom. The van der Waals surface area contributed by atoms with Crippen molar-refractivity contribution >= 4 is 23.1 Å². The third-order valence-electron chi connectivity index (χ3n) is 4.57. The number of nitrogens with one attached hydrogen (secondary N) is 2. The quantitative estimate of drug-likeness (QED) is 0.600. The average Bonchev–Trinajstić information content (AvgIpc) is 2.66. The molecular weight excluding hydrogens is 320 g/mol. The molecule has 1 heterocycles. The van der Waals surface area contributed by atoms with Crippen LogP contribution in [0.1, 0.15) is 36.1 Å². The number of para-hydroxylation sites is 1. The van der Waals surface area contributed by atoms with Gasteiger partial charge in [-0.2, -0.15) is 4.98 Å². The monoisotopic (exact) mass is 346 g/mol. The van der Waals surface area contributed by atoms with Crippen LogP contribution >= 0.6 is 0 Å². The van der Waals surface area contributed by atoms with Crippen molar-refractivity contribution < 1.29 is 0 Å². The molecule has 4 nitrogen and oxygen atoms in total. The first kappa shape index (κ1) is 17.9.